The quantitative estimate of drug-likeness (QED) is 0.0781. The average molecular weight is 2620 g/mol. The predicted octanol–water partition coefficient (Wildman–Crippen LogP) is 3.00. The molecule has 0 aliphatic heterocycles. The van der Waals surface area contributed by atoms with Crippen molar-refractivity contribution >= 4 is 123 Å². The molecule has 12 aromatic heterocycles. The zero-order valence-corrected chi connectivity index (χ0v) is 88.4. The second kappa shape index (κ2) is 75.5. The van der Waals surface area contributed by atoms with Crippen LogP contribution < -0.4 is 40.9 Å². The molecule has 4 radical (unpaired) electrons. The molecule has 146 heavy (non-hydrogen) atoms. The van der Waals surface area contributed by atoms with Gasteiger partial charge in [-0.2, -0.15) is 0 Å². The minimum atomic E-state index is -1.13. The number of halogens is 4. The Hall–Kier alpha value is -13.2. The van der Waals surface area contributed by atoms with E-state index in [2.05, 4.69) is 61.2 Å². The molecule has 0 fully saturated rings. The van der Waals surface area contributed by atoms with Crippen molar-refractivity contribution in [2.45, 2.75) is 0 Å². The number of nitrogens with zero attached hydrogens (tertiary/aromatic N) is 24. The van der Waals surface area contributed by atoms with Gasteiger partial charge in [-0.15, -0.1) is 46.4 Å². The SMILES string of the molecule is ClCCl.ClCCl.O=C([O-])c1ccccc1.O=C([O-])c1ccccc1.O=C([O-])c1ccccc1.O=C([O-])c1ccccc1.O=C([O-])c1ccccc1.O=C([O-])c1ccccc1.O=C([O-])c1ccccc1.O=C([O-])c1ccccc1.[Gd+3].[Gd+3].[Gd+3].[Gd+3].c1cnn([BH-](n2cccn2)n2cccn2)c1.c1cnn([BH-](n2cccn2)n2cccn2)c1.c1cnn([BH-](n2cccn2)n2cccn2)c1.c1cnn([BH-](n2cccn2)n2cccn2)c1. The number of aromatic nitrogens is 24. The molecule has 0 spiro atoms. The van der Waals surface area contributed by atoms with Gasteiger partial charge in [0.25, 0.3) is 0 Å². The van der Waals surface area contributed by atoms with Gasteiger partial charge in [-0.05, 0) is 192 Å². The molecule has 0 atom stereocenters. The maximum Gasteiger partial charge on any atom is 3.00 e. The molecule has 20 rings (SSSR count). The number of carboxylic acid groups (broad SMARTS) is 8. The van der Waals surface area contributed by atoms with Crippen LogP contribution in [0.4, 0.5) is 0 Å². The van der Waals surface area contributed by atoms with Crippen LogP contribution in [-0.4, -0.2) is 203 Å². The monoisotopic (exact) mass is 2620 g/mol. The fourth-order valence-electron chi connectivity index (χ4n) is 12.0. The topological polar surface area (TPSA) is 535 Å². The standard InChI is InChI=1S/4C9H10BN6.8C7H6O2.2CH2Cl2.4Gd/c4*1-4-11-14(7-1)10(15-8-2-5-12-15)16-9-3-6-13-16;8*8-7(9)6-4-2-1-3-5-6;2*2-1-3;;;;/h4*1-10H;8*1-5H,(H,8,9);2*1H2;;;;/q4*-1;;;;;;;;;;;4*+3/p-8. The summed E-state index contributed by atoms with van der Waals surface area (Å²) in [4.78, 5) is 80.7. The van der Waals surface area contributed by atoms with Crippen LogP contribution in [-0.2, 0) is 0 Å². The first kappa shape index (κ1) is 127. The molecule has 0 amide bonds. The third kappa shape index (κ3) is 47.7. The Kier molecular flexibility index (Phi) is 65.6. The van der Waals surface area contributed by atoms with Crippen LogP contribution in [0.2, 0.25) is 0 Å². The number of rotatable bonds is 20. The van der Waals surface area contributed by atoms with E-state index in [4.69, 9.17) is 46.4 Å². The van der Waals surface area contributed by atoms with Crippen molar-refractivity contribution in [2.24, 2.45) is 0 Å². The summed E-state index contributed by atoms with van der Waals surface area (Å²) in [5.41, 5.74) is 1.76. The van der Waals surface area contributed by atoms with Crippen LogP contribution in [0.1, 0.15) is 82.9 Å². The second-order valence-corrected chi connectivity index (χ2v) is 29.3. The maximum absolute atomic E-state index is 10.1. The fourth-order valence-corrected chi connectivity index (χ4v) is 12.0. The molecule has 748 valence electrons. The molecule has 52 heteroatoms. The molecule has 0 N–H and O–H groups in total. The average Bonchev–Trinajstić information content (AvgIpc) is 1.70. The molecule has 20 aromatic rings. The van der Waals surface area contributed by atoms with E-state index in [1.165, 1.54) is 97.1 Å². The van der Waals surface area contributed by atoms with Gasteiger partial charge >= 0.3 is 188 Å². The van der Waals surface area contributed by atoms with Crippen molar-refractivity contribution in [1.82, 2.24) is 116 Å². The Bertz CT molecular complexity index is 5360. The van der Waals surface area contributed by atoms with Gasteiger partial charge in [0, 0.05) is 74.4 Å². The van der Waals surface area contributed by atoms with Crippen LogP contribution >= 0.6 is 46.4 Å². The van der Waals surface area contributed by atoms with Gasteiger partial charge in [0.1, 0.15) is 0 Å². The Balaban J connectivity index is 0.000000410. The first-order valence-electron chi connectivity index (χ1n) is 42.0. The van der Waals surface area contributed by atoms with Crippen molar-refractivity contribution in [3.8, 4) is 0 Å². The molecule has 0 bridgehead atoms. The largest absolute Gasteiger partial charge is 3.00 e. The predicted molar refractivity (Wildman–Crippen MR) is 519 cm³/mol. The van der Waals surface area contributed by atoms with Crippen molar-refractivity contribution < 1.29 is 239 Å². The Morgan fingerprint density at radius 3 is 0.288 bits per heavy atom. The summed E-state index contributed by atoms with van der Waals surface area (Å²) in [6.45, 7) is 0. The van der Waals surface area contributed by atoms with Crippen molar-refractivity contribution in [2.75, 3.05) is 10.7 Å². The van der Waals surface area contributed by atoms with Crippen LogP contribution in [0.15, 0.2) is 464 Å². The van der Waals surface area contributed by atoms with Crippen LogP contribution in [0.3, 0.4) is 0 Å². The first-order valence-corrected chi connectivity index (χ1v) is 44.2. The summed E-state index contributed by atoms with van der Waals surface area (Å²) >= 11 is 19.1. The minimum Gasteiger partial charge on any atom is -0.545 e. The molecule has 12 heterocycles. The number of hydrogen-bond acceptors (Lipinski definition) is 28. The zero-order valence-electron chi connectivity index (χ0n) is 76.3. The van der Waals surface area contributed by atoms with Crippen molar-refractivity contribution in [3.05, 3.63) is 509 Å². The third-order valence-corrected chi connectivity index (χ3v) is 18.3. The van der Waals surface area contributed by atoms with Crippen LogP contribution in [0, 0.1) is 160 Å². The Labute approximate surface area is 985 Å². The van der Waals surface area contributed by atoms with E-state index >= 15 is 0 Å². The zero-order chi connectivity index (χ0) is 102. The van der Waals surface area contributed by atoms with Gasteiger partial charge in [0.05, 0.1) is 58.4 Å². The van der Waals surface area contributed by atoms with E-state index in [0.717, 1.165) is 0 Å². The summed E-state index contributed by atoms with van der Waals surface area (Å²) < 4.78 is 22.5. The number of carbonyl (C=O) groups is 8. The van der Waals surface area contributed by atoms with Crippen LogP contribution in [0.5, 0.6) is 0 Å². The summed E-state index contributed by atoms with van der Waals surface area (Å²) in [7, 11) is -4.50. The Morgan fingerprint density at radius 1 is 0.164 bits per heavy atom. The molecular formula is C94H84B4Cl4Gd4N24O16. The third-order valence-electron chi connectivity index (χ3n) is 18.3. The minimum absolute atomic E-state index is 0. The van der Waals surface area contributed by atoms with E-state index in [0.29, 0.717) is 0 Å². The van der Waals surface area contributed by atoms with E-state index < -0.39 is 76.2 Å². The molecule has 0 saturated carbocycles. The van der Waals surface area contributed by atoms with E-state index in [1.54, 1.807) is 220 Å². The number of benzene rings is 8. The van der Waals surface area contributed by atoms with Gasteiger partial charge in [-0.25, -0.2) is 61.2 Å². The molecule has 0 saturated heterocycles. The Morgan fingerprint density at radius 2 is 0.240 bits per heavy atom. The van der Waals surface area contributed by atoms with Gasteiger partial charge < -0.3 is 134 Å². The van der Waals surface area contributed by atoms with Crippen molar-refractivity contribution in [1.29, 1.82) is 0 Å². The van der Waals surface area contributed by atoms with Crippen LogP contribution in [0.25, 0.3) is 0 Å². The molecule has 0 aliphatic carbocycles. The van der Waals surface area contributed by atoms with Gasteiger partial charge in [0.2, 0.25) is 0 Å². The summed E-state index contributed by atoms with van der Waals surface area (Å²) in [6, 6.07) is 87.3. The summed E-state index contributed by atoms with van der Waals surface area (Å²) in [5, 5.41) is 132. The second-order valence-electron chi connectivity index (χ2n) is 27.7. The molecule has 40 nitrogen and oxygen atoms in total. The van der Waals surface area contributed by atoms with Gasteiger partial charge in [-0.1, -0.05) is 243 Å². The van der Waals surface area contributed by atoms with E-state index in [1.807, 2.05) is 202 Å². The number of alkyl halides is 4. The molecular weight excluding hydrogens is 2540 g/mol. The smallest absolute Gasteiger partial charge is 0.545 e. The number of carboxylic acids is 8. The van der Waals surface area contributed by atoms with Gasteiger partial charge in [0.15, 0.2) is 0 Å². The van der Waals surface area contributed by atoms with Gasteiger partial charge in [-0.3, -0.25) is 0 Å². The molecule has 8 aromatic carbocycles. The number of hydrogen-bond donors (Lipinski definition) is 0. The number of carbonyl (C=O) groups excluding carboxylic acids is 8. The number of aromatic carboxylic acids is 8. The van der Waals surface area contributed by atoms with Crippen molar-refractivity contribution in [3.63, 3.8) is 0 Å². The molecule has 0 unspecified atom stereocenters. The normalized spacial score (nSPS) is 9.48. The van der Waals surface area contributed by atoms with E-state index in [9.17, 15) is 79.2 Å². The maximum atomic E-state index is 10.1. The molecule has 0 aliphatic rings. The first-order chi connectivity index (χ1) is 69.1. The summed E-state index contributed by atoms with van der Waals surface area (Å²) in [5.74, 6) is -9.03. The summed E-state index contributed by atoms with van der Waals surface area (Å²) in [6.07, 6.45) is 44.1. The fraction of sp³-hybridized carbons (Fsp3) is 0.0213. The van der Waals surface area contributed by atoms with E-state index in [-0.39, 0.29) is 215 Å².